The molecule has 0 radical (unpaired) electrons. The summed E-state index contributed by atoms with van der Waals surface area (Å²) in [5.74, 6) is 0.923. The molecule has 0 spiro atoms. The number of carbonyl (C=O) groups excluding carboxylic acids is 1. The van der Waals surface area contributed by atoms with Crippen LogP contribution in [0.25, 0.3) is 0 Å². The summed E-state index contributed by atoms with van der Waals surface area (Å²) in [5.41, 5.74) is 0.235. The molecule has 3 rings (SSSR count). The maximum Gasteiger partial charge on any atom is 0.322 e. The van der Waals surface area contributed by atoms with Gasteiger partial charge in [0, 0.05) is 18.5 Å². The smallest absolute Gasteiger partial charge is 0.322 e. The SMILES string of the molecule is CN(C)CCOc1cccc(C(=O)Nc2nnc(C3CC3)o2)n1. The van der Waals surface area contributed by atoms with Crippen LogP contribution in [-0.4, -0.2) is 53.2 Å². The Morgan fingerprint density at radius 3 is 2.96 bits per heavy atom. The average Bonchev–Trinajstić information content (AvgIpc) is 3.27. The molecule has 0 unspecified atom stereocenters. The number of nitrogens with zero attached hydrogens (tertiary/aromatic N) is 4. The monoisotopic (exact) mass is 317 g/mol. The number of likely N-dealkylation sites (N-methyl/N-ethyl adjacent to an activating group) is 1. The summed E-state index contributed by atoms with van der Waals surface area (Å²) in [5, 5.41) is 10.3. The zero-order valence-corrected chi connectivity index (χ0v) is 13.2. The third kappa shape index (κ3) is 4.26. The first kappa shape index (κ1) is 15.4. The van der Waals surface area contributed by atoms with Crippen LogP contribution in [0.15, 0.2) is 22.6 Å². The van der Waals surface area contributed by atoms with Crippen LogP contribution in [0.5, 0.6) is 5.88 Å². The highest BCUT2D eigenvalue weighted by Gasteiger charge is 2.29. The van der Waals surface area contributed by atoms with Crippen molar-refractivity contribution >= 4 is 11.9 Å². The predicted octanol–water partition coefficient (Wildman–Crippen LogP) is 1.53. The number of amides is 1. The van der Waals surface area contributed by atoms with Gasteiger partial charge in [0.2, 0.25) is 11.8 Å². The van der Waals surface area contributed by atoms with Gasteiger partial charge in [-0.3, -0.25) is 10.1 Å². The van der Waals surface area contributed by atoms with Gasteiger partial charge < -0.3 is 14.1 Å². The lowest BCUT2D eigenvalue weighted by Gasteiger charge is -2.10. The van der Waals surface area contributed by atoms with Crippen LogP contribution >= 0.6 is 0 Å². The van der Waals surface area contributed by atoms with Gasteiger partial charge in [-0.05, 0) is 33.0 Å². The van der Waals surface area contributed by atoms with Gasteiger partial charge in [-0.15, -0.1) is 5.10 Å². The van der Waals surface area contributed by atoms with Crippen molar-refractivity contribution in [2.45, 2.75) is 18.8 Å². The number of pyridine rings is 1. The molecule has 0 aromatic carbocycles. The van der Waals surface area contributed by atoms with Crippen LogP contribution in [0.1, 0.15) is 35.1 Å². The molecule has 23 heavy (non-hydrogen) atoms. The number of carbonyl (C=O) groups is 1. The predicted molar refractivity (Wildman–Crippen MR) is 82.5 cm³/mol. The molecule has 122 valence electrons. The third-order valence-electron chi connectivity index (χ3n) is 3.33. The van der Waals surface area contributed by atoms with Gasteiger partial charge in [0.25, 0.3) is 5.91 Å². The van der Waals surface area contributed by atoms with Crippen molar-refractivity contribution in [1.29, 1.82) is 0 Å². The van der Waals surface area contributed by atoms with E-state index < -0.39 is 5.91 Å². The van der Waals surface area contributed by atoms with E-state index in [4.69, 9.17) is 9.15 Å². The molecule has 0 bridgehead atoms. The zero-order valence-electron chi connectivity index (χ0n) is 13.2. The van der Waals surface area contributed by atoms with E-state index in [1.165, 1.54) is 0 Å². The molecule has 8 heteroatoms. The van der Waals surface area contributed by atoms with E-state index in [1.807, 2.05) is 19.0 Å². The second-order valence-corrected chi connectivity index (χ2v) is 5.69. The van der Waals surface area contributed by atoms with Crippen LogP contribution < -0.4 is 10.1 Å². The minimum atomic E-state index is -0.408. The van der Waals surface area contributed by atoms with Crippen molar-refractivity contribution in [2.75, 3.05) is 32.6 Å². The fourth-order valence-electron chi connectivity index (χ4n) is 1.90. The summed E-state index contributed by atoms with van der Waals surface area (Å²) in [6.07, 6.45) is 2.12. The molecule has 8 nitrogen and oxygen atoms in total. The molecule has 0 atom stereocenters. The highest BCUT2D eigenvalue weighted by molar-refractivity contribution is 6.01. The normalized spacial score (nSPS) is 14.0. The number of hydrogen-bond donors (Lipinski definition) is 1. The first-order valence-electron chi connectivity index (χ1n) is 7.51. The third-order valence-corrected chi connectivity index (χ3v) is 3.33. The van der Waals surface area contributed by atoms with Crippen molar-refractivity contribution in [3.05, 3.63) is 29.8 Å². The molecule has 1 fully saturated rings. The number of hydrogen-bond acceptors (Lipinski definition) is 7. The molecule has 1 amide bonds. The minimum Gasteiger partial charge on any atom is -0.476 e. The van der Waals surface area contributed by atoms with Crippen LogP contribution in [0.3, 0.4) is 0 Å². The molecule has 2 aromatic rings. The Hall–Kier alpha value is -2.48. The van der Waals surface area contributed by atoms with E-state index in [1.54, 1.807) is 18.2 Å². The molecule has 0 saturated heterocycles. The van der Waals surface area contributed by atoms with Gasteiger partial charge >= 0.3 is 6.01 Å². The standard InChI is InChI=1S/C15H19N5O3/c1-20(2)8-9-22-12-5-3-4-11(16-12)13(21)17-15-19-18-14(23-15)10-6-7-10/h3-5,10H,6-9H2,1-2H3,(H,17,19,21). The Kier molecular flexibility index (Phi) is 4.52. The molecule has 2 aromatic heterocycles. The van der Waals surface area contributed by atoms with Gasteiger partial charge in [-0.1, -0.05) is 11.2 Å². The number of ether oxygens (including phenoxy) is 1. The van der Waals surface area contributed by atoms with Crippen LogP contribution in [0, 0.1) is 0 Å². The number of anilines is 1. The second-order valence-electron chi connectivity index (χ2n) is 5.69. The van der Waals surface area contributed by atoms with E-state index in [0.717, 1.165) is 19.4 Å². The molecular weight excluding hydrogens is 298 g/mol. The molecular formula is C15H19N5O3. The topological polar surface area (TPSA) is 93.4 Å². The molecule has 2 heterocycles. The van der Waals surface area contributed by atoms with Crippen LogP contribution in [-0.2, 0) is 0 Å². The summed E-state index contributed by atoms with van der Waals surface area (Å²) >= 11 is 0. The Balaban J connectivity index is 1.59. The minimum absolute atomic E-state index is 0.0950. The fourth-order valence-corrected chi connectivity index (χ4v) is 1.90. The first-order chi connectivity index (χ1) is 11.1. The maximum atomic E-state index is 12.2. The summed E-state index contributed by atoms with van der Waals surface area (Å²) < 4.78 is 10.9. The van der Waals surface area contributed by atoms with Gasteiger partial charge in [-0.25, -0.2) is 4.98 Å². The number of rotatable bonds is 7. The number of nitrogens with one attached hydrogen (secondary N) is 1. The zero-order chi connectivity index (χ0) is 16.2. The Morgan fingerprint density at radius 2 is 2.22 bits per heavy atom. The molecule has 0 aliphatic heterocycles. The number of aromatic nitrogens is 3. The van der Waals surface area contributed by atoms with Gasteiger partial charge in [0.1, 0.15) is 12.3 Å². The highest BCUT2D eigenvalue weighted by atomic mass is 16.5. The van der Waals surface area contributed by atoms with E-state index in [9.17, 15) is 4.79 Å². The van der Waals surface area contributed by atoms with Crippen LogP contribution in [0.2, 0.25) is 0 Å². The summed E-state index contributed by atoms with van der Waals surface area (Å²) in [7, 11) is 3.92. The Labute approximate surface area is 133 Å². The quantitative estimate of drug-likeness (QED) is 0.827. The lowest BCUT2D eigenvalue weighted by Crippen LogP contribution is -2.20. The second kappa shape index (κ2) is 6.74. The summed E-state index contributed by atoms with van der Waals surface area (Å²) in [6.45, 7) is 1.27. The summed E-state index contributed by atoms with van der Waals surface area (Å²) in [6, 6.07) is 5.13. The fraction of sp³-hybridized carbons (Fsp3) is 0.467. The van der Waals surface area contributed by atoms with Crippen molar-refractivity contribution in [2.24, 2.45) is 0 Å². The van der Waals surface area contributed by atoms with Crippen molar-refractivity contribution in [3.63, 3.8) is 0 Å². The summed E-state index contributed by atoms with van der Waals surface area (Å²) in [4.78, 5) is 18.4. The molecule has 1 N–H and O–H groups in total. The van der Waals surface area contributed by atoms with Crippen molar-refractivity contribution in [1.82, 2.24) is 20.1 Å². The van der Waals surface area contributed by atoms with Crippen LogP contribution in [0.4, 0.5) is 6.01 Å². The molecule has 1 aliphatic rings. The maximum absolute atomic E-state index is 12.2. The van der Waals surface area contributed by atoms with E-state index in [-0.39, 0.29) is 11.7 Å². The first-order valence-corrected chi connectivity index (χ1v) is 7.51. The van der Waals surface area contributed by atoms with E-state index in [2.05, 4.69) is 20.5 Å². The average molecular weight is 317 g/mol. The van der Waals surface area contributed by atoms with Gasteiger partial charge in [0.15, 0.2) is 0 Å². The molecule has 1 aliphatic carbocycles. The van der Waals surface area contributed by atoms with Gasteiger partial charge in [0.05, 0.1) is 0 Å². The Bertz CT molecular complexity index is 681. The lowest BCUT2D eigenvalue weighted by molar-refractivity contribution is 0.101. The van der Waals surface area contributed by atoms with E-state index >= 15 is 0 Å². The van der Waals surface area contributed by atoms with E-state index in [0.29, 0.717) is 24.3 Å². The van der Waals surface area contributed by atoms with Crippen molar-refractivity contribution in [3.8, 4) is 5.88 Å². The Morgan fingerprint density at radius 1 is 1.39 bits per heavy atom. The highest BCUT2D eigenvalue weighted by Crippen LogP contribution is 2.39. The lowest BCUT2D eigenvalue weighted by atomic mass is 10.3. The van der Waals surface area contributed by atoms with Crippen molar-refractivity contribution < 1.29 is 13.9 Å². The largest absolute Gasteiger partial charge is 0.476 e. The molecule has 1 saturated carbocycles. The van der Waals surface area contributed by atoms with Gasteiger partial charge in [-0.2, -0.15) is 0 Å².